The second-order valence-corrected chi connectivity index (χ2v) is 9.91. The van der Waals surface area contributed by atoms with E-state index in [0.29, 0.717) is 30.8 Å². The number of unbranched alkanes of at least 4 members (excludes halogenated alkanes) is 1. The molecule has 32 heavy (non-hydrogen) atoms. The van der Waals surface area contributed by atoms with Crippen molar-refractivity contribution in [2.45, 2.75) is 57.4 Å². The number of carbonyl (C=O) groups excluding carboxylic acids is 2. The Morgan fingerprint density at radius 1 is 1.06 bits per heavy atom. The minimum Gasteiger partial charge on any atom is -0.354 e. The number of hydrogen-bond donors (Lipinski definition) is 2. The zero-order chi connectivity index (χ0) is 23.3. The van der Waals surface area contributed by atoms with Gasteiger partial charge < -0.3 is 10.2 Å². The monoisotopic (exact) mass is 457 g/mol. The predicted octanol–water partition coefficient (Wildman–Crippen LogP) is 3.63. The first-order valence-electron chi connectivity index (χ1n) is 11.0. The van der Waals surface area contributed by atoms with Gasteiger partial charge in [0.2, 0.25) is 5.91 Å². The number of nitrogens with one attached hydrogen (secondary N) is 2. The minimum atomic E-state index is -3.73. The number of aryl methyl sites for hydroxylation is 2. The number of likely N-dealkylation sites (tertiary alicyclic amines) is 1. The Balaban J connectivity index is 1.68. The van der Waals surface area contributed by atoms with E-state index in [4.69, 9.17) is 0 Å². The Hall–Kier alpha value is -2.87. The van der Waals surface area contributed by atoms with Crippen LogP contribution in [0.3, 0.4) is 0 Å². The smallest absolute Gasteiger partial charge is 0.261 e. The molecule has 1 aliphatic rings. The number of sulfonamides is 1. The molecule has 0 aliphatic carbocycles. The molecule has 1 atom stereocenters. The number of anilines is 1. The third kappa shape index (κ3) is 5.48. The van der Waals surface area contributed by atoms with E-state index in [9.17, 15) is 18.0 Å². The summed E-state index contributed by atoms with van der Waals surface area (Å²) >= 11 is 0. The quantitative estimate of drug-likeness (QED) is 0.592. The fraction of sp³-hybridized carbons (Fsp3) is 0.417. The van der Waals surface area contributed by atoms with Crippen molar-refractivity contribution in [3.05, 3.63) is 59.2 Å². The Kier molecular flexibility index (Phi) is 7.56. The number of hydrogen-bond acceptors (Lipinski definition) is 4. The summed E-state index contributed by atoms with van der Waals surface area (Å²) in [4.78, 5) is 27.3. The van der Waals surface area contributed by atoms with Crippen molar-refractivity contribution < 1.29 is 18.0 Å². The van der Waals surface area contributed by atoms with Gasteiger partial charge in [-0.05, 0) is 80.6 Å². The molecule has 1 aliphatic heterocycles. The number of benzene rings is 2. The van der Waals surface area contributed by atoms with Crippen LogP contribution in [0.1, 0.15) is 54.1 Å². The van der Waals surface area contributed by atoms with Gasteiger partial charge in [-0.15, -0.1) is 0 Å². The third-order valence-corrected chi connectivity index (χ3v) is 7.20. The van der Waals surface area contributed by atoms with Crippen LogP contribution in [-0.4, -0.2) is 44.3 Å². The van der Waals surface area contributed by atoms with Crippen LogP contribution in [0, 0.1) is 13.8 Å². The molecule has 1 saturated heterocycles. The van der Waals surface area contributed by atoms with Gasteiger partial charge in [-0.25, -0.2) is 8.42 Å². The minimum absolute atomic E-state index is 0.109. The van der Waals surface area contributed by atoms with Crippen molar-refractivity contribution in [2.75, 3.05) is 17.8 Å². The first kappa shape index (κ1) is 23.8. The van der Waals surface area contributed by atoms with Crippen LogP contribution in [-0.2, 0) is 14.8 Å². The van der Waals surface area contributed by atoms with Crippen LogP contribution in [0.15, 0.2) is 47.4 Å². The van der Waals surface area contributed by atoms with Gasteiger partial charge in [-0.2, -0.15) is 0 Å². The number of rotatable bonds is 8. The lowest BCUT2D eigenvalue weighted by atomic mass is 10.1. The molecule has 0 radical (unpaired) electrons. The zero-order valence-corrected chi connectivity index (χ0v) is 19.7. The molecule has 172 valence electrons. The lowest BCUT2D eigenvalue weighted by molar-refractivity contribution is -0.124. The molecular weight excluding hydrogens is 426 g/mol. The van der Waals surface area contributed by atoms with Gasteiger partial charge in [0.25, 0.3) is 15.9 Å². The number of amides is 2. The van der Waals surface area contributed by atoms with Crippen molar-refractivity contribution in [1.82, 2.24) is 10.2 Å². The molecule has 8 heteroatoms. The number of nitrogens with zero attached hydrogens (tertiary/aromatic N) is 1. The van der Waals surface area contributed by atoms with E-state index < -0.39 is 16.1 Å². The standard InChI is InChI=1S/C24H31N3O4S/c1-4-5-14-25-23(28)22-7-6-15-27(22)24(29)19-9-11-20(12-10-19)26-32(30,31)21-13-8-17(2)18(3)16-21/h8-13,16,22,26H,4-7,14-15H2,1-3H3,(H,25,28)/t22-/m1/s1. The van der Waals surface area contributed by atoms with Gasteiger partial charge in [0.15, 0.2) is 0 Å². The average molecular weight is 458 g/mol. The molecule has 1 fully saturated rings. The highest BCUT2D eigenvalue weighted by Gasteiger charge is 2.34. The van der Waals surface area contributed by atoms with Crippen molar-refractivity contribution in [2.24, 2.45) is 0 Å². The molecule has 2 aromatic rings. The van der Waals surface area contributed by atoms with Crippen molar-refractivity contribution in [1.29, 1.82) is 0 Å². The molecule has 2 N–H and O–H groups in total. The van der Waals surface area contributed by atoms with E-state index in [0.717, 1.165) is 30.4 Å². The summed E-state index contributed by atoms with van der Waals surface area (Å²) in [5.74, 6) is -0.330. The zero-order valence-electron chi connectivity index (χ0n) is 18.8. The van der Waals surface area contributed by atoms with E-state index in [1.165, 1.54) is 0 Å². The summed E-state index contributed by atoms with van der Waals surface area (Å²) in [6, 6.07) is 10.8. The van der Waals surface area contributed by atoms with Crippen molar-refractivity contribution in [3.8, 4) is 0 Å². The highest BCUT2D eigenvalue weighted by Crippen LogP contribution is 2.23. The summed E-state index contributed by atoms with van der Waals surface area (Å²) in [6.07, 6.45) is 3.34. The lowest BCUT2D eigenvalue weighted by Gasteiger charge is -2.24. The van der Waals surface area contributed by atoms with E-state index in [2.05, 4.69) is 17.0 Å². The lowest BCUT2D eigenvalue weighted by Crippen LogP contribution is -2.46. The molecular formula is C24H31N3O4S. The van der Waals surface area contributed by atoms with Crippen molar-refractivity contribution in [3.63, 3.8) is 0 Å². The van der Waals surface area contributed by atoms with Crippen LogP contribution < -0.4 is 10.0 Å². The molecule has 2 amide bonds. The van der Waals surface area contributed by atoms with Crippen LogP contribution in [0.5, 0.6) is 0 Å². The topological polar surface area (TPSA) is 95.6 Å². The molecule has 0 bridgehead atoms. The Labute approximate surface area is 190 Å². The maximum atomic E-state index is 13.0. The van der Waals surface area contributed by atoms with Gasteiger partial charge in [0.1, 0.15) is 6.04 Å². The van der Waals surface area contributed by atoms with E-state index in [1.54, 1.807) is 47.4 Å². The van der Waals surface area contributed by atoms with E-state index in [-0.39, 0.29) is 16.7 Å². The molecule has 2 aromatic carbocycles. The van der Waals surface area contributed by atoms with Gasteiger partial charge in [0, 0.05) is 24.3 Å². The summed E-state index contributed by atoms with van der Waals surface area (Å²) in [5.41, 5.74) is 2.71. The van der Waals surface area contributed by atoms with Gasteiger partial charge in [0.05, 0.1) is 4.90 Å². The Morgan fingerprint density at radius 2 is 1.78 bits per heavy atom. The maximum absolute atomic E-state index is 13.0. The van der Waals surface area contributed by atoms with Crippen molar-refractivity contribution >= 4 is 27.5 Å². The summed E-state index contributed by atoms with van der Waals surface area (Å²) in [5, 5.41) is 2.91. The summed E-state index contributed by atoms with van der Waals surface area (Å²) in [7, 11) is -3.73. The van der Waals surface area contributed by atoms with Gasteiger partial charge in [-0.3, -0.25) is 14.3 Å². The molecule has 0 spiro atoms. The fourth-order valence-electron chi connectivity index (χ4n) is 3.73. The normalized spacial score (nSPS) is 16.1. The van der Waals surface area contributed by atoms with E-state index >= 15 is 0 Å². The highest BCUT2D eigenvalue weighted by atomic mass is 32.2. The molecule has 1 heterocycles. The molecule has 0 aromatic heterocycles. The highest BCUT2D eigenvalue weighted by molar-refractivity contribution is 7.92. The second kappa shape index (κ2) is 10.2. The Morgan fingerprint density at radius 3 is 2.44 bits per heavy atom. The Bertz CT molecular complexity index is 1080. The molecule has 0 saturated carbocycles. The predicted molar refractivity (Wildman–Crippen MR) is 125 cm³/mol. The van der Waals surface area contributed by atoms with Gasteiger partial charge >= 0.3 is 0 Å². The van der Waals surface area contributed by atoms with Gasteiger partial charge in [-0.1, -0.05) is 19.4 Å². The first-order chi connectivity index (χ1) is 15.2. The molecule has 7 nitrogen and oxygen atoms in total. The van der Waals surface area contributed by atoms with Crippen LogP contribution >= 0.6 is 0 Å². The van der Waals surface area contributed by atoms with Crippen LogP contribution in [0.25, 0.3) is 0 Å². The summed E-state index contributed by atoms with van der Waals surface area (Å²) < 4.78 is 27.9. The average Bonchev–Trinajstić information content (AvgIpc) is 3.25. The largest absolute Gasteiger partial charge is 0.354 e. The van der Waals surface area contributed by atoms with Crippen LogP contribution in [0.2, 0.25) is 0 Å². The molecule has 3 rings (SSSR count). The molecule has 0 unspecified atom stereocenters. The summed E-state index contributed by atoms with van der Waals surface area (Å²) in [6.45, 7) is 7.00. The maximum Gasteiger partial charge on any atom is 0.261 e. The second-order valence-electron chi connectivity index (χ2n) is 8.23. The SMILES string of the molecule is CCCCNC(=O)[C@H]1CCCN1C(=O)c1ccc(NS(=O)(=O)c2ccc(C)c(C)c2)cc1. The fourth-order valence-corrected chi connectivity index (χ4v) is 4.87. The van der Waals surface area contributed by atoms with E-state index in [1.807, 2.05) is 13.8 Å². The third-order valence-electron chi connectivity index (χ3n) is 5.82. The first-order valence-corrected chi connectivity index (χ1v) is 12.5. The van der Waals surface area contributed by atoms with Crippen LogP contribution in [0.4, 0.5) is 5.69 Å². The number of carbonyl (C=O) groups is 2.